The Hall–Kier alpha value is -2.08. The minimum absolute atomic E-state index is 0.123. The van der Waals surface area contributed by atoms with E-state index < -0.39 is 10.0 Å². The Kier molecular flexibility index (Phi) is 4.94. The van der Waals surface area contributed by atoms with Crippen LogP contribution >= 0.6 is 0 Å². The minimum Gasteiger partial charge on any atom is -0.495 e. The van der Waals surface area contributed by atoms with Crippen LogP contribution in [0.25, 0.3) is 0 Å². The molecule has 0 fully saturated rings. The number of benzene rings is 1. The van der Waals surface area contributed by atoms with Crippen LogP contribution in [-0.4, -0.2) is 20.5 Å². The summed E-state index contributed by atoms with van der Waals surface area (Å²) in [7, 11) is -2.32. The molecule has 2 aromatic rings. The molecule has 0 saturated heterocycles. The van der Waals surface area contributed by atoms with Gasteiger partial charge in [-0.3, -0.25) is 4.72 Å². The van der Waals surface area contributed by atoms with Crippen molar-refractivity contribution in [1.29, 1.82) is 0 Å². The average molecular weight is 334 g/mol. The van der Waals surface area contributed by atoms with Crippen LogP contribution in [0.2, 0.25) is 0 Å². The molecule has 1 aromatic carbocycles. The van der Waals surface area contributed by atoms with Gasteiger partial charge in [-0.2, -0.15) is 0 Å². The third kappa shape index (κ3) is 3.82. The van der Waals surface area contributed by atoms with Crippen LogP contribution in [0.15, 0.2) is 35.2 Å². The molecule has 1 aromatic heterocycles. The third-order valence-corrected chi connectivity index (χ3v) is 4.97. The summed E-state index contributed by atoms with van der Waals surface area (Å²) in [5.74, 6) is 0.831. The maximum absolute atomic E-state index is 12.7. The number of rotatable bonds is 5. The number of pyridine rings is 1. The predicted molar refractivity (Wildman–Crippen MR) is 91.6 cm³/mol. The van der Waals surface area contributed by atoms with Crippen LogP contribution in [0, 0.1) is 13.8 Å². The molecule has 0 aliphatic carbocycles. The zero-order valence-corrected chi connectivity index (χ0v) is 14.9. The molecule has 0 saturated carbocycles. The van der Waals surface area contributed by atoms with Gasteiger partial charge in [0.15, 0.2) is 0 Å². The zero-order valence-electron chi connectivity index (χ0n) is 14.0. The van der Waals surface area contributed by atoms with Gasteiger partial charge < -0.3 is 4.74 Å². The quantitative estimate of drug-likeness (QED) is 0.906. The molecule has 6 heteroatoms. The maximum Gasteiger partial charge on any atom is 0.266 e. The van der Waals surface area contributed by atoms with Crippen molar-refractivity contribution in [2.75, 3.05) is 11.8 Å². The molecule has 0 unspecified atom stereocenters. The summed E-state index contributed by atoms with van der Waals surface area (Å²) in [6.45, 7) is 7.81. The van der Waals surface area contributed by atoms with Gasteiger partial charge in [0.05, 0.1) is 7.11 Å². The minimum atomic E-state index is -3.78. The molecule has 0 bridgehead atoms. The number of hydrogen-bond acceptors (Lipinski definition) is 4. The summed E-state index contributed by atoms with van der Waals surface area (Å²) in [5, 5.41) is 0. The topological polar surface area (TPSA) is 68.3 Å². The molecule has 0 spiro atoms. The number of aryl methyl sites for hydroxylation is 2. The maximum atomic E-state index is 12.7. The van der Waals surface area contributed by atoms with Crippen molar-refractivity contribution in [3.05, 3.63) is 47.2 Å². The average Bonchev–Trinajstić information content (AvgIpc) is 2.45. The first-order valence-corrected chi connectivity index (χ1v) is 8.88. The lowest BCUT2D eigenvalue weighted by Crippen LogP contribution is -2.16. The van der Waals surface area contributed by atoms with Gasteiger partial charge in [-0.25, -0.2) is 13.4 Å². The highest BCUT2D eigenvalue weighted by Crippen LogP contribution is 2.32. The molecule has 124 valence electrons. The van der Waals surface area contributed by atoms with E-state index in [2.05, 4.69) is 9.71 Å². The van der Waals surface area contributed by atoms with E-state index in [9.17, 15) is 8.42 Å². The number of anilines is 1. The lowest BCUT2D eigenvalue weighted by molar-refractivity contribution is 0.402. The molecule has 2 rings (SSSR count). The fourth-order valence-corrected chi connectivity index (χ4v) is 3.65. The van der Waals surface area contributed by atoms with Crippen molar-refractivity contribution in [2.45, 2.75) is 38.5 Å². The SMILES string of the molecule is COc1cc(C)c(C(C)C)cc1S(=O)(=O)Nc1cccc(C)n1. The first-order valence-electron chi connectivity index (χ1n) is 7.39. The Morgan fingerprint density at radius 1 is 1.17 bits per heavy atom. The highest BCUT2D eigenvalue weighted by atomic mass is 32.2. The Balaban J connectivity index is 2.52. The molecule has 1 heterocycles. The van der Waals surface area contributed by atoms with E-state index in [0.29, 0.717) is 11.6 Å². The highest BCUT2D eigenvalue weighted by Gasteiger charge is 2.22. The van der Waals surface area contributed by atoms with Crippen molar-refractivity contribution in [3.8, 4) is 5.75 Å². The van der Waals surface area contributed by atoms with Crippen molar-refractivity contribution >= 4 is 15.8 Å². The van der Waals surface area contributed by atoms with Gasteiger partial charge in [-0.1, -0.05) is 19.9 Å². The molecular weight excluding hydrogens is 312 g/mol. The van der Waals surface area contributed by atoms with E-state index in [4.69, 9.17) is 4.74 Å². The van der Waals surface area contributed by atoms with Gasteiger partial charge >= 0.3 is 0 Å². The van der Waals surface area contributed by atoms with Crippen molar-refractivity contribution in [3.63, 3.8) is 0 Å². The molecule has 0 aliphatic rings. The van der Waals surface area contributed by atoms with E-state index >= 15 is 0 Å². The number of nitrogens with one attached hydrogen (secondary N) is 1. The molecular formula is C17H22N2O3S. The number of hydrogen-bond donors (Lipinski definition) is 1. The Morgan fingerprint density at radius 2 is 1.87 bits per heavy atom. The van der Waals surface area contributed by atoms with Gasteiger partial charge in [0.1, 0.15) is 16.5 Å². The standard InChI is InChI=1S/C17H22N2O3S/c1-11(2)14-10-16(15(22-5)9-12(14)3)23(20,21)19-17-8-6-7-13(4)18-17/h6-11H,1-5H3,(H,18,19). The van der Waals surface area contributed by atoms with Crippen LogP contribution in [-0.2, 0) is 10.0 Å². The molecule has 0 atom stereocenters. The van der Waals surface area contributed by atoms with E-state index in [-0.39, 0.29) is 10.8 Å². The summed E-state index contributed by atoms with van der Waals surface area (Å²) in [5.41, 5.74) is 2.72. The van der Waals surface area contributed by atoms with E-state index in [1.165, 1.54) is 7.11 Å². The van der Waals surface area contributed by atoms with Crippen LogP contribution in [0.4, 0.5) is 5.82 Å². The Bertz CT molecular complexity index is 815. The summed E-state index contributed by atoms with van der Waals surface area (Å²) in [6.07, 6.45) is 0. The van der Waals surface area contributed by atoms with Crippen LogP contribution in [0.3, 0.4) is 0 Å². The van der Waals surface area contributed by atoms with Gasteiger partial charge in [0.2, 0.25) is 0 Å². The molecule has 0 amide bonds. The number of ether oxygens (including phenoxy) is 1. The highest BCUT2D eigenvalue weighted by molar-refractivity contribution is 7.92. The number of methoxy groups -OCH3 is 1. The van der Waals surface area contributed by atoms with Crippen LogP contribution < -0.4 is 9.46 Å². The summed E-state index contributed by atoms with van der Waals surface area (Å²) >= 11 is 0. The third-order valence-electron chi connectivity index (χ3n) is 3.59. The fraction of sp³-hybridized carbons (Fsp3) is 0.353. The number of sulfonamides is 1. The lowest BCUT2D eigenvalue weighted by atomic mass is 9.98. The molecule has 23 heavy (non-hydrogen) atoms. The lowest BCUT2D eigenvalue weighted by Gasteiger charge is -2.16. The molecule has 0 aliphatic heterocycles. The Morgan fingerprint density at radius 3 is 2.43 bits per heavy atom. The predicted octanol–water partition coefficient (Wildman–Crippen LogP) is 3.63. The smallest absolute Gasteiger partial charge is 0.266 e. The van der Waals surface area contributed by atoms with Crippen molar-refractivity contribution in [1.82, 2.24) is 4.98 Å². The van der Waals surface area contributed by atoms with E-state index in [0.717, 1.165) is 16.8 Å². The largest absolute Gasteiger partial charge is 0.495 e. The molecule has 0 radical (unpaired) electrons. The monoisotopic (exact) mass is 334 g/mol. The Labute approximate surface area is 137 Å². The second-order valence-electron chi connectivity index (χ2n) is 5.78. The molecule has 1 N–H and O–H groups in total. The first kappa shape index (κ1) is 17.3. The second-order valence-corrected chi connectivity index (χ2v) is 7.43. The van der Waals surface area contributed by atoms with Gasteiger partial charge in [0.25, 0.3) is 10.0 Å². The van der Waals surface area contributed by atoms with Gasteiger partial charge in [-0.15, -0.1) is 0 Å². The van der Waals surface area contributed by atoms with E-state index in [1.807, 2.05) is 20.8 Å². The number of aromatic nitrogens is 1. The van der Waals surface area contributed by atoms with Crippen molar-refractivity contribution < 1.29 is 13.2 Å². The zero-order chi connectivity index (χ0) is 17.2. The summed E-state index contributed by atoms with van der Waals surface area (Å²) in [4.78, 5) is 4.31. The van der Waals surface area contributed by atoms with Crippen molar-refractivity contribution in [2.24, 2.45) is 0 Å². The van der Waals surface area contributed by atoms with Crippen LogP contribution in [0.1, 0.15) is 36.6 Å². The number of nitrogens with zero attached hydrogens (tertiary/aromatic N) is 1. The van der Waals surface area contributed by atoms with E-state index in [1.54, 1.807) is 37.3 Å². The van der Waals surface area contributed by atoms with Gasteiger partial charge in [-0.05, 0) is 55.2 Å². The summed E-state index contributed by atoms with van der Waals surface area (Å²) in [6, 6.07) is 8.62. The van der Waals surface area contributed by atoms with Crippen LogP contribution in [0.5, 0.6) is 5.75 Å². The normalized spacial score (nSPS) is 11.6. The fourth-order valence-electron chi connectivity index (χ4n) is 2.46. The second kappa shape index (κ2) is 6.58. The summed E-state index contributed by atoms with van der Waals surface area (Å²) < 4.78 is 33.3. The molecule has 5 nitrogen and oxygen atoms in total. The first-order chi connectivity index (χ1) is 10.7. The van der Waals surface area contributed by atoms with Gasteiger partial charge in [0, 0.05) is 5.69 Å².